The van der Waals surface area contributed by atoms with Gasteiger partial charge in [-0.15, -0.1) is 0 Å². The largest absolute Gasteiger partial charge is 0.445 e. The molecule has 0 aromatic heterocycles. The highest BCUT2D eigenvalue weighted by Crippen LogP contribution is 2.19. The highest BCUT2D eigenvalue weighted by Gasteiger charge is 2.44. The number of hydrogen-bond acceptors (Lipinski definition) is 8. The first-order valence-electron chi connectivity index (χ1n) is 8.41. The molecule has 1 aliphatic heterocycles. The van der Waals surface area contributed by atoms with Gasteiger partial charge in [-0.25, -0.2) is 4.79 Å². The third-order valence-corrected chi connectivity index (χ3v) is 4.15. The van der Waals surface area contributed by atoms with Gasteiger partial charge in [0.25, 0.3) is 0 Å². The lowest BCUT2D eigenvalue weighted by Crippen LogP contribution is -2.65. The molecule has 27 heavy (non-hydrogen) atoms. The van der Waals surface area contributed by atoms with Gasteiger partial charge in [0.05, 0.1) is 6.61 Å². The van der Waals surface area contributed by atoms with E-state index in [0.29, 0.717) is 0 Å². The lowest BCUT2D eigenvalue weighted by Gasteiger charge is -2.40. The zero-order chi connectivity index (χ0) is 20.0. The van der Waals surface area contributed by atoms with E-state index in [-0.39, 0.29) is 6.61 Å². The van der Waals surface area contributed by atoms with Crippen LogP contribution in [0.3, 0.4) is 0 Å². The molecular formula is C17H24N2O8. The van der Waals surface area contributed by atoms with E-state index in [1.54, 1.807) is 24.3 Å². The minimum Gasteiger partial charge on any atom is -0.445 e. The van der Waals surface area contributed by atoms with Crippen LogP contribution in [0.25, 0.3) is 0 Å². The molecule has 0 spiro atoms. The van der Waals surface area contributed by atoms with E-state index in [1.807, 2.05) is 6.07 Å². The molecule has 10 nitrogen and oxygen atoms in total. The summed E-state index contributed by atoms with van der Waals surface area (Å²) in [6, 6.07) is 6.60. The Kier molecular flexibility index (Phi) is 7.51. The Labute approximate surface area is 155 Å². The van der Waals surface area contributed by atoms with Crippen LogP contribution < -0.4 is 10.6 Å². The number of ether oxygens (including phenoxy) is 2. The van der Waals surface area contributed by atoms with Crippen molar-refractivity contribution in [2.24, 2.45) is 0 Å². The minimum absolute atomic E-state index is 0.0314. The van der Waals surface area contributed by atoms with Crippen molar-refractivity contribution >= 4 is 12.0 Å². The fourth-order valence-corrected chi connectivity index (χ4v) is 2.55. The van der Waals surface area contributed by atoms with E-state index in [0.717, 1.165) is 5.56 Å². The van der Waals surface area contributed by atoms with Crippen LogP contribution in [0, 0.1) is 0 Å². The SMILES string of the molecule is C[C@H](NC(=O)OCc1ccccc1)C(=O)N[C@H]1C(O)O[C@H](CO)[C@@H](O)[C@@H]1O. The van der Waals surface area contributed by atoms with Gasteiger partial charge < -0.3 is 40.5 Å². The van der Waals surface area contributed by atoms with Crippen LogP contribution in [0.1, 0.15) is 12.5 Å². The number of aliphatic hydroxyl groups excluding tert-OH is 4. The summed E-state index contributed by atoms with van der Waals surface area (Å²) in [4.78, 5) is 24.0. The predicted octanol–water partition coefficient (Wildman–Crippen LogP) is -1.78. The molecule has 0 bridgehead atoms. The summed E-state index contributed by atoms with van der Waals surface area (Å²) in [5, 5.41) is 43.3. The van der Waals surface area contributed by atoms with Crippen molar-refractivity contribution in [1.29, 1.82) is 0 Å². The van der Waals surface area contributed by atoms with Gasteiger partial charge in [-0.3, -0.25) is 4.79 Å². The van der Waals surface area contributed by atoms with Gasteiger partial charge in [-0.2, -0.15) is 0 Å². The molecule has 1 fully saturated rings. The third kappa shape index (κ3) is 5.62. The quantitative estimate of drug-likeness (QED) is 0.336. The maximum Gasteiger partial charge on any atom is 0.408 e. The Hall–Kier alpha value is -2.24. The van der Waals surface area contributed by atoms with Gasteiger partial charge in [0, 0.05) is 0 Å². The lowest BCUT2D eigenvalue weighted by molar-refractivity contribution is -0.253. The minimum atomic E-state index is -1.64. The first-order chi connectivity index (χ1) is 12.8. The van der Waals surface area contributed by atoms with Crippen molar-refractivity contribution in [2.75, 3.05) is 6.61 Å². The molecule has 2 amide bonds. The van der Waals surface area contributed by atoms with E-state index < -0.39 is 55.3 Å². The van der Waals surface area contributed by atoms with Crippen LogP contribution in [0.4, 0.5) is 4.79 Å². The number of carbonyl (C=O) groups is 2. The number of nitrogens with one attached hydrogen (secondary N) is 2. The number of benzene rings is 1. The van der Waals surface area contributed by atoms with Crippen molar-refractivity contribution in [3.05, 3.63) is 35.9 Å². The molecule has 0 radical (unpaired) electrons. The number of carbonyl (C=O) groups excluding carboxylic acids is 2. The summed E-state index contributed by atoms with van der Waals surface area (Å²) in [6.07, 6.45) is -6.69. The fraction of sp³-hybridized carbons (Fsp3) is 0.529. The van der Waals surface area contributed by atoms with Gasteiger partial charge in [0.15, 0.2) is 6.29 Å². The molecule has 1 aromatic carbocycles. The Balaban J connectivity index is 1.83. The molecule has 1 heterocycles. The molecule has 6 atom stereocenters. The maximum atomic E-state index is 12.2. The number of amides is 2. The van der Waals surface area contributed by atoms with Crippen LogP contribution in [0.15, 0.2) is 30.3 Å². The topological polar surface area (TPSA) is 158 Å². The summed E-state index contributed by atoms with van der Waals surface area (Å²) in [5.41, 5.74) is 0.780. The summed E-state index contributed by atoms with van der Waals surface area (Å²) < 4.78 is 9.95. The Bertz CT molecular complexity index is 629. The molecule has 10 heteroatoms. The lowest BCUT2D eigenvalue weighted by atomic mass is 9.97. The zero-order valence-corrected chi connectivity index (χ0v) is 14.7. The van der Waals surface area contributed by atoms with Crippen molar-refractivity contribution in [3.63, 3.8) is 0 Å². The van der Waals surface area contributed by atoms with E-state index >= 15 is 0 Å². The Morgan fingerprint density at radius 2 is 1.85 bits per heavy atom. The van der Waals surface area contributed by atoms with Crippen LogP contribution in [0.5, 0.6) is 0 Å². The number of aliphatic hydroxyl groups is 4. The van der Waals surface area contributed by atoms with E-state index in [4.69, 9.17) is 14.6 Å². The normalized spacial score (nSPS) is 28.9. The second-order valence-corrected chi connectivity index (χ2v) is 6.19. The fourth-order valence-electron chi connectivity index (χ4n) is 2.55. The van der Waals surface area contributed by atoms with E-state index in [2.05, 4.69) is 10.6 Å². The van der Waals surface area contributed by atoms with Gasteiger partial charge in [0.2, 0.25) is 5.91 Å². The number of alkyl carbamates (subject to hydrolysis) is 1. The smallest absolute Gasteiger partial charge is 0.408 e. The monoisotopic (exact) mass is 384 g/mol. The van der Waals surface area contributed by atoms with Crippen LogP contribution in [-0.4, -0.2) is 75.7 Å². The van der Waals surface area contributed by atoms with Gasteiger partial charge in [-0.05, 0) is 12.5 Å². The standard InChI is InChI=1S/C17H24N2O8/c1-9(18-17(25)26-8-10-5-3-2-4-6-10)15(23)19-12-14(22)13(21)11(7-20)27-16(12)24/h2-6,9,11-14,16,20-22,24H,7-8H2,1H3,(H,18,25)(H,19,23)/t9-,11+,12+,13+,14+,16?/m0/s1. The second kappa shape index (κ2) is 9.62. The molecule has 2 rings (SSSR count). The summed E-state index contributed by atoms with van der Waals surface area (Å²) in [5.74, 6) is -0.729. The van der Waals surface area contributed by atoms with Gasteiger partial charge in [0.1, 0.15) is 37.0 Å². The Morgan fingerprint density at radius 1 is 1.19 bits per heavy atom. The van der Waals surface area contributed by atoms with Crippen LogP contribution in [-0.2, 0) is 20.9 Å². The summed E-state index contributed by atoms with van der Waals surface area (Å²) in [6.45, 7) is 0.805. The van der Waals surface area contributed by atoms with Gasteiger partial charge >= 0.3 is 6.09 Å². The average Bonchev–Trinajstić information content (AvgIpc) is 2.66. The molecule has 0 aliphatic carbocycles. The molecular weight excluding hydrogens is 360 g/mol. The maximum absolute atomic E-state index is 12.2. The van der Waals surface area contributed by atoms with Crippen molar-refractivity contribution in [3.8, 4) is 0 Å². The zero-order valence-electron chi connectivity index (χ0n) is 14.7. The van der Waals surface area contributed by atoms with E-state index in [1.165, 1.54) is 6.92 Å². The third-order valence-electron chi connectivity index (χ3n) is 4.15. The first kappa shape index (κ1) is 21.1. The average molecular weight is 384 g/mol. The second-order valence-electron chi connectivity index (χ2n) is 6.19. The molecule has 1 aliphatic rings. The van der Waals surface area contributed by atoms with Crippen LogP contribution >= 0.6 is 0 Å². The first-order valence-corrected chi connectivity index (χ1v) is 8.41. The molecule has 1 unspecified atom stereocenters. The molecule has 150 valence electrons. The summed E-state index contributed by atoms with van der Waals surface area (Å²) in [7, 11) is 0. The van der Waals surface area contributed by atoms with Crippen molar-refractivity contribution in [1.82, 2.24) is 10.6 Å². The molecule has 1 saturated heterocycles. The number of rotatable bonds is 6. The van der Waals surface area contributed by atoms with Crippen LogP contribution in [0.2, 0.25) is 0 Å². The number of hydrogen-bond donors (Lipinski definition) is 6. The Morgan fingerprint density at radius 3 is 2.48 bits per heavy atom. The highest BCUT2D eigenvalue weighted by atomic mass is 16.6. The van der Waals surface area contributed by atoms with Crippen molar-refractivity contribution in [2.45, 2.75) is 50.2 Å². The molecule has 0 saturated carbocycles. The predicted molar refractivity (Wildman–Crippen MR) is 91.1 cm³/mol. The molecule has 1 aromatic rings. The van der Waals surface area contributed by atoms with Crippen molar-refractivity contribution < 1.29 is 39.5 Å². The molecule has 6 N–H and O–H groups in total. The summed E-state index contributed by atoms with van der Waals surface area (Å²) >= 11 is 0. The van der Waals surface area contributed by atoms with E-state index in [9.17, 15) is 24.9 Å². The van der Waals surface area contributed by atoms with Gasteiger partial charge in [-0.1, -0.05) is 30.3 Å². The highest BCUT2D eigenvalue weighted by molar-refractivity contribution is 5.85.